The zero-order valence-corrected chi connectivity index (χ0v) is 24.6. The van der Waals surface area contributed by atoms with Crippen LogP contribution in [-0.4, -0.2) is 11.7 Å². The van der Waals surface area contributed by atoms with Crippen molar-refractivity contribution in [3.8, 4) is 11.1 Å². The number of allylic oxidation sites excluding steroid dienone is 2. The second-order valence-electron chi connectivity index (χ2n) is 10.7. The zero-order chi connectivity index (χ0) is 29.2. The predicted octanol–water partition coefficient (Wildman–Crippen LogP) is 9.35. The van der Waals surface area contributed by atoms with Gasteiger partial charge < -0.3 is 5.32 Å². The van der Waals surface area contributed by atoms with Gasteiger partial charge in [0.2, 0.25) is 0 Å². The molecule has 2 aliphatic rings. The van der Waals surface area contributed by atoms with Crippen molar-refractivity contribution in [3.63, 3.8) is 0 Å². The molecule has 2 aliphatic heterocycles. The van der Waals surface area contributed by atoms with Gasteiger partial charge >= 0.3 is 0 Å². The molecule has 1 N–H and O–H groups in total. The standard InChI is InChI=1S/C38H30N4S/c1-27-24-25-43-42(35-19-10-9-18-34(27)35)33-22-20-28(21-23-33)30-14-11-15-31(26-30)37-39-36(29-12-5-3-6-13-29)40-38(2,41-37)32-16-7-4-8-17-32/h3-26H,1H2,2H3,(H,39,40,41). The highest BCUT2D eigenvalue weighted by Crippen LogP contribution is 2.41. The lowest BCUT2D eigenvalue weighted by atomic mass is 9.98. The van der Waals surface area contributed by atoms with Crippen molar-refractivity contribution in [2.45, 2.75) is 12.6 Å². The monoisotopic (exact) mass is 574 g/mol. The van der Waals surface area contributed by atoms with E-state index in [1.54, 1.807) is 11.9 Å². The average Bonchev–Trinajstić information content (AvgIpc) is 3.24. The maximum absolute atomic E-state index is 5.17. The second-order valence-corrected chi connectivity index (χ2v) is 11.5. The van der Waals surface area contributed by atoms with E-state index in [-0.39, 0.29) is 0 Å². The van der Waals surface area contributed by atoms with Gasteiger partial charge in [-0.1, -0.05) is 116 Å². The molecule has 0 aliphatic carbocycles. The lowest BCUT2D eigenvalue weighted by molar-refractivity contribution is 0.455. The first-order valence-electron chi connectivity index (χ1n) is 14.3. The Balaban J connectivity index is 1.24. The van der Waals surface area contributed by atoms with Crippen LogP contribution in [0.2, 0.25) is 0 Å². The van der Waals surface area contributed by atoms with Gasteiger partial charge in [0, 0.05) is 16.7 Å². The van der Waals surface area contributed by atoms with E-state index in [1.807, 2.05) is 36.4 Å². The van der Waals surface area contributed by atoms with Crippen LogP contribution in [0, 0.1) is 0 Å². The summed E-state index contributed by atoms with van der Waals surface area (Å²) in [6.07, 6.45) is 2.07. The Morgan fingerprint density at radius 2 is 1.37 bits per heavy atom. The third-order valence-corrected chi connectivity index (χ3v) is 8.63. The van der Waals surface area contributed by atoms with Crippen LogP contribution >= 0.6 is 11.9 Å². The minimum Gasteiger partial charge on any atom is -0.342 e. The highest BCUT2D eigenvalue weighted by molar-refractivity contribution is 8.03. The van der Waals surface area contributed by atoms with E-state index in [2.05, 4.69) is 132 Å². The first-order valence-corrected chi connectivity index (χ1v) is 15.1. The Hall–Kier alpha value is -5.13. The van der Waals surface area contributed by atoms with Gasteiger partial charge in [-0.05, 0) is 76.9 Å². The smallest absolute Gasteiger partial charge is 0.159 e. The van der Waals surface area contributed by atoms with Crippen LogP contribution in [0.15, 0.2) is 162 Å². The number of amidine groups is 2. The van der Waals surface area contributed by atoms with Gasteiger partial charge in [-0.15, -0.1) is 0 Å². The highest BCUT2D eigenvalue weighted by Gasteiger charge is 2.32. The van der Waals surface area contributed by atoms with Gasteiger partial charge in [0.25, 0.3) is 0 Å². The van der Waals surface area contributed by atoms with Gasteiger partial charge in [-0.2, -0.15) is 0 Å². The second kappa shape index (κ2) is 11.3. The van der Waals surface area contributed by atoms with Crippen LogP contribution in [-0.2, 0) is 5.66 Å². The number of nitrogens with one attached hydrogen (secondary N) is 1. The van der Waals surface area contributed by atoms with Gasteiger partial charge in [0.05, 0.1) is 11.4 Å². The van der Waals surface area contributed by atoms with Crippen molar-refractivity contribution < 1.29 is 0 Å². The molecule has 0 bridgehead atoms. The van der Waals surface area contributed by atoms with E-state index >= 15 is 0 Å². The quantitative estimate of drug-likeness (QED) is 0.213. The van der Waals surface area contributed by atoms with Crippen molar-refractivity contribution in [2.75, 3.05) is 4.31 Å². The van der Waals surface area contributed by atoms with Crippen LogP contribution in [0.1, 0.15) is 29.2 Å². The third kappa shape index (κ3) is 5.31. The number of hydrogen-bond acceptors (Lipinski definition) is 5. The number of anilines is 2. The van der Waals surface area contributed by atoms with Crippen molar-refractivity contribution in [2.24, 2.45) is 9.98 Å². The molecule has 5 aromatic carbocycles. The Bertz CT molecular complexity index is 1890. The summed E-state index contributed by atoms with van der Waals surface area (Å²) in [6.45, 7) is 6.35. The number of rotatable bonds is 5. The van der Waals surface area contributed by atoms with Gasteiger partial charge in [0.15, 0.2) is 11.5 Å². The first kappa shape index (κ1) is 26.7. The van der Waals surface area contributed by atoms with E-state index in [9.17, 15) is 0 Å². The van der Waals surface area contributed by atoms with E-state index in [1.165, 1.54) is 0 Å². The molecule has 0 saturated carbocycles. The summed E-state index contributed by atoms with van der Waals surface area (Å²) in [5.41, 5.74) is 9.05. The zero-order valence-electron chi connectivity index (χ0n) is 23.8. The van der Waals surface area contributed by atoms with E-state index in [0.717, 1.165) is 56.2 Å². The molecule has 1 atom stereocenters. The largest absolute Gasteiger partial charge is 0.342 e. The van der Waals surface area contributed by atoms with Crippen molar-refractivity contribution in [1.29, 1.82) is 0 Å². The Morgan fingerprint density at radius 1 is 0.698 bits per heavy atom. The molecule has 0 aromatic heterocycles. The summed E-state index contributed by atoms with van der Waals surface area (Å²) in [5.74, 6) is 1.51. The molecule has 0 amide bonds. The first-order chi connectivity index (χ1) is 21.1. The molecule has 0 spiro atoms. The Morgan fingerprint density at radius 3 is 2.16 bits per heavy atom. The molecular weight excluding hydrogens is 545 g/mol. The molecule has 0 radical (unpaired) electrons. The lowest BCUT2D eigenvalue weighted by Crippen LogP contribution is -2.46. The molecule has 43 heavy (non-hydrogen) atoms. The molecule has 2 heterocycles. The maximum atomic E-state index is 5.17. The fraction of sp³-hybridized carbons (Fsp3) is 0.0526. The Kier molecular flexibility index (Phi) is 7.01. The number of fused-ring (bicyclic) bond motifs is 1. The van der Waals surface area contributed by atoms with E-state index in [4.69, 9.17) is 9.98 Å². The molecule has 4 nitrogen and oxygen atoms in total. The van der Waals surface area contributed by atoms with Crippen molar-refractivity contribution in [1.82, 2.24) is 5.32 Å². The molecule has 5 aromatic rings. The summed E-state index contributed by atoms with van der Waals surface area (Å²) >= 11 is 1.66. The summed E-state index contributed by atoms with van der Waals surface area (Å²) < 4.78 is 2.25. The van der Waals surface area contributed by atoms with Crippen LogP contribution in [0.4, 0.5) is 11.4 Å². The molecule has 1 unspecified atom stereocenters. The van der Waals surface area contributed by atoms with E-state index in [0.29, 0.717) is 5.84 Å². The van der Waals surface area contributed by atoms with Gasteiger partial charge in [0.1, 0.15) is 5.84 Å². The minimum absolute atomic E-state index is 0.665. The highest BCUT2D eigenvalue weighted by atomic mass is 32.2. The van der Waals surface area contributed by atoms with Gasteiger partial charge in [-0.3, -0.25) is 4.31 Å². The summed E-state index contributed by atoms with van der Waals surface area (Å²) in [5, 5.41) is 5.70. The lowest BCUT2D eigenvalue weighted by Gasteiger charge is -2.33. The van der Waals surface area contributed by atoms with Crippen molar-refractivity contribution in [3.05, 3.63) is 174 Å². The molecule has 7 rings (SSSR count). The minimum atomic E-state index is -0.665. The third-order valence-electron chi connectivity index (χ3n) is 7.75. The van der Waals surface area contributed by atoms with Crippen LogP contribution in [0.5, 0.6) is 0 Å². The maximum Gasteiger partial charge on any atom is 0.159 e. The SMILES string of the molecule is C=C1C=CSN(c2ccc(-c3cccc(C4=NC(C)(c5ccccc5)NC(c5ccccc5)=N4)c3)cc2)c2ccccc21. The van der Waals surface area contributed by atoms with Crippen LogP contribution in [0.25, 0.3) is 16.7 Å². The number of benzene rings is 5. The Labute approximate surface area is 257 Å². The van der Waals surface area contributed by atoms with Crippen molar-refractivity contribution >= 4 is 40.6 Å². The predicted molar refractivity (Wildman–Crippen MR) is 183 cm³/mol. The fourth-order valence-electron chi connectivity index (χ4n) is 5.46. The normalized spacial score (nSPS) is 17.8. The summed E-state index contributed by atoms with van der Waals surface area (Å²) in [6, 6.07) is 46.2. The van der Waals surface area contributed by atoms with Crippen LogP contribution < -0.4 is 9.62 Å². The summed E-state index contributed by atoms with van der Waals surface area (Å²) in [4.78, 5) is 10.2. The number of nitrogens with zero attached hydrogens (tertiary/aromatic N) is 3. The fourth-order valence-corrected chi connectivity index (χ4v) is 6.32. The molecule has 0 saturated heterocycles. The molecule has 208 valence electrons. The number of hydrogen-bond donors (Lipinski definition) is 1. The van der Waals surface area contributed by atoms with Crippen LogP contribution in [0.3, 0.4) is 0 Å². The topological polar surface area (TPSA) is 40.0 Å². The van der Waals surface area contributed by atoms with E-state index < -0.39 is 5.66 Å². The molecule has 0 fully saturated rings. The van der Waals surface area contributed by atoms with Gasteiger partial charge in [-0.25, -0.2) is 9.98 Å². The average molecular weight is 575 g/mol. The number of para-hydroxylation sites is 1. The summed E-state index contributed by atoms with van der Waals surface area (Å²) in [7, 11) is 0. The number of aliphatic imine (C=N–C) groups is 2. The molecule has 5 heteroatoms. The molecular formula is C38H30N4S.